The minimum Gasteiger partial charge on any atom is -0.310 e. The Hall–Kier alpha value is -3.45. The van der Waals surface area contributed by atoms with Crippen LogP contribution in [0.2, 0.25) is 0 Å². The molecule has 0 N–H and O–H groups in total. The monoisotopic (exact) mass is 480 g/mol. The molecule has 34 heavy (non-hydrogen) atoms. The van der Waals surface area contributed by atoms with Crippen molar-refractivity contribution in [2.24, 2.45) is 14.1 Å². The first-order valence-electron chi connectivity index (χ1n) is 10.9. The average Bonchev–Trinajstić information content (AvgIpc) is 2.81. The Kier molecular flexibility index (Phi) is 7.26. The van der Waals surface area contributed by atoms with E-state index in [-0.39, 0.29) is 29.9 Å². The predicted octanol–water partition coefficient (Wildman–Crippen LogP) is 2.75. The number of carbonyl (C=O) groups excluding carboxylic acids is 1. The summed E-state index contributed by atoms with van der Waals surface area (Å²) in [5.74, 6) is 0.256. The molecular weight excluding hydrogens is 452 g/mol. The zero-order chi connectivity index (χ0) is 25.2. The van der Waals surface area contributed by atoms with Gasteiger partial charge in [-0.1, -0.05) is 50.7 Å². The molecule has 10 heteroatoms. The molecular formula is C24H28N6O3S. The summed E-state index contributed by atoms with van der Waals surface area (Å²) in [6.45, 7) is 7.81. The minimum atomic E-state index is -0.619. The van der Waals surface area contributed by atoms with Crippen LogP contribution in [-0.4, -0.2) is 36.8 Å². The van der Waals surface area contributed by atoms with E-state index in [9.17, 15) is 14.4 Å². The second-order valence-electron chi connectivity index (χ2n) is 9.00. The summed E-state index contributed by atoms with van der Waals surface area (Å²) in [5.41, 5.74) is -0.513. The van der Waals surface area contributed by atoms with Gasteiger partial charge < -0.3 is 4.90 Å². The molecule has 3 aromatic rings. The molecule has 2 heterocycles. The number of thioether (sulfide) groups is 1. The second kappa shape index (κ2) is 9.81. The third kappa shape index (κ3) is 4.89. The van der Waals surface area contributed by atoms with Crippen molar-refractivity contribution in [1.29, 1.82) is 5.26 Å². The highest BCUT2D eigenvalue weighted by Gasteiger charge is 2.28. The lowest BCUT2D eigenvalue weighted by Gasteiger charge is -2.25. The van der Waals surface area contributed by atoms with Crippen LogP contribution in [0.15, 0.2) is 44.9 Å². The van der Waals surface area contributed by atoms with Crippen molar-refractivity contribution >= 4 is 34.4 Å². The van der Waals surface area contributed by atoms with Crippen LogP contribution in [0.4, 0.5) is 5.69 Å². The number of para-hydroxylation sites is 1. The number of amides is 1. The van der Waals surface area contributed by atoms with E-state index in [1.54, 1.807) is 18.9 Å². The minimum absolute atomic E-state index is 0.186. The highest BCUT2D eigenvalue weighted by Crippen LogP contribution is 2.31. The van der Waals surface area contributed by atoms with Gasteiger partial charge in [0, 0.05) is 31.7 Å². The first kappa shape index (κ1) is 25.2. The lowest BCUT2D eigenvalue weighted by Crippen LogP contribution is -2.39. The highest BCUT2D eigenvalue weighted by atomic mass is 32.2. The van der Waals surface area contributed by atoms with Gasteiger partial charge in [-0.3, -0.25) is 18.7 Å². The maximum absolute atomic E-state index is 13.5. The molecule has 0 aliphatic carbocycles. The van der Waals surface area contributed by atoms with E-state index in [1.807, 2.05) is 51.1 Å². The third-order valence-corrected chi connectivity index (χ3v) is 6.43. The molecule has 0 aliphatic heterocycles. The normalized spacial score (nSPS) is 12.4. The maximum Gasteiger partial charge on any atom is 0.332 e. The van der Waals surface area contributed by atoms with E-state index in [0.717, 1.165) is 16.3 Å². The number of anilines is 1. The number of carbonyl (C=O) groups is 1. The largest absolute Gasteiger partial charge is 0.332 e. The molecule has 2 aromatic heterocycles. The Morgan fingerprint density at radius 1 is 1.15 bits per heavy atom. The van der Waals surface area contributed by atoms with Gasteiger partial charge in [0.15, 0.2) is 5.65 Å². The summed E-state index contributed by atoms with van der Waals surface area (Å²) in [5, 5.41) is 9.00. The number of aryl methyl sites for hydroxylation is 1. The van der Waals surface area contributed by atoms with Crippen molar-refractivity contribution in [2.45, 2.75) is 49.8 Å². The van der Waals surface area contributed by atoms with Gasteiger partial charge in [-0.25, -0.2) is 14.8 Å². The SMILES string of the molecule is CC(Sc1nc(C(C)(C)C)nc2c1c(=O)n(C)c(=O)n2C)C(=O)N(CCC#N)c1ccccc1. The van der Waals surface area contributed by atoms with Crippen LogP contribution in [0, 0.1) is 11.3 Å². The molecule has 0 bridgehead atoms. The maximum atomic E-state index is 13.5. The van der Waals surface area contributed by atoms with E-state index in [0.29, 0.717) is 16.5 Å². The van der Waals surface area contributed by atoms with E-state index in [2.05, 4.69) is 16.0 Å². The lowest BCUT2D eigenvalue weighted by molar-refractivity contribution is -0.117. The van der Waals surface area contributed by atoms with Gasteiger partial charge in [0.1, 0.15) is 16.2 Å². The molecule has 0 spiro atoms. The van der Waals surface area contributed by atoms with Crippen molar-refractivity contribution in [1.82, 2.24) is 19.1 Å². The van der Waals surface area contributed by atoms with Crippen molar-refractivity contribution in [3.05, 3.63) is 57.0 Å². The molecule has 1 atom stereocenters. The van der Waals surface area contributed by atoms with Gasteiger partial charge in [-0.15, -0.1) is 0 Å². The molecule has 1 unspecified atom stereocenters. The number of benzene rings is 1. The van der Waals surface area contributed by atoms with E-state index < -0.39 is 21.9 Å². The van der Waals surface area contributed by atoms with Crippen LogP contribution in [0.1, 0.15) is 39.9 Å². The Labute approximate surface area is 202 Å². The molecule has 1 amide bonds. The molecule has 1 aromatic carbocycles. The molecule has 0 saturated heterocycles. The van der Waals surface area contributed by atoms with Gasteiger partial charge >= 0.3 is 5.69 Å². The van der Waals surface area contributed by atoms with Gasteiger partial charge in [0.05, 0.1) is 17.7 Å². The molecule has 178 valence electrons. The first-order chi connectivity index (χ1) is 16.0. The first-order valence-corrected chi connectivity index (χ1v) is 11.7. The number of nitrogens with zero attached hydrogens (tertiary/aromatic N) is 6. The van der Waals surface area contributed by atoms with E-state index in [4.69, 9.17) is 5.26 Å². The molecule has 0 saturated carbocycles. The highest BCUT2D eigenvalue weighted by molar-refractivity contribution is 8.00. The second-order valence-corrected chi connectivity index (χ2v) is 10.3. The average molecular weight is 481 g/mol. The lowest BCUT2D eigenvalue weighted by atomic mass is 9.96. The number of hydrogen-bond donors (Lipinski definition) is 0. The zero-order valence-corrected chi connectivity index (χ0v) is 21.0. The summed E-state index contributed by atoms with van der Waals surface area (Å²) < 4.78 is 2.34. The fourth-order valence-corrected chi connectivity index (χ4v) is 4.42. The van der Waals surface area contributed by atoms with Gasteiger partial charge in [0.2, 0.25) is 5.91 Å². The number of aromatic nitrogens is 4. The number of rotatable bonds is 6. The Balaban J connectivity index is 2.13. The molecule has 0 radical (unpaired) electrons. The van der Waals surface area contributed by atoms with Crippen LogP contribution in [0.25, 0.3) is 11.0 Å². The number of nitriles is 1. The Morgan fingerprint density at radius 3 is 2.38 bits per heavy atom. The van der Waals surface area contributed by atoms with Crippen LogP contribution in [-0.2, 0) is 24.3 Å². The van der Waals surface area contributed by atoms with Gasteiger partial charge in [-0.2, -0.15) is 5.26 Å². The standard InChI is InChI=1S/C24H28N6O3S/c1-15(20(31)30(14-10-13-25)16-11-8-7-9-12-16)34-19-17-18(26-22(27-19)24(2,3)4)28(5)23(33)29(6)21(17)32/h7-9,11-12,15H,10,14H2,1-6H3. The number of hydrogen-bond acceptors (Lipinski definition) is 7. The third-order valence-electron chi connectivity index (χ3n) is 5.35. The summed E-state index contributed by atoms with van der Waals surface area (Å²) in [4.78, 5) is 49.8. The molecule has 0 fully saturated rings. The van der Waals surface area contributed by atoms with Crippen molar-refractivity contribution in [3.8, 4) is 6.07 Å². The molecule has 3 rings (SSSR count). The van der Waals surface area contributed by atoms with Crippen LogP contribution >= 0.6 is 11.8 Å². The summed E-state index contributed by atoms with van der Waals surface area (Å²) in [6, 6.07) is 11.2. The molecule has 0 aliphatic rings. The summed E-state index contributed by atoms with van der Waals surface area (Å²) >= 11 is 1.15. The van der Waals surface area contributed by atoms with Crippen molar-refractivity contribution in [2.75, 3.05) is 11.4 Å². The fourth-order valence-electron chi connectivity index (χ4n) is 3.42. The fraction of sp³-hybridized carbons (Fsp3) is 0.417. The zero-order valence-electron chi connectivity index (χ0n) is 20.2. The van der Waals surface area contributed by atoms with Gasteiger partial charge in [-0.05, 0) is 19.1 Å². The van der Waals surface area contributed by atoms with E-state index in [1.165, 1.54) is 11.6 Å². The molecule has 9 nitrogen and oxygen atoms in total. The quantitative estimate of drug-likeness (QED) is 0.394. The Morgan fingerprint density at radius 2 is 1.79 bits per heavy atom. The van der Waals surface area contributed by atoms with Crippen LogP contribution in [0.3, 0.4) is 0 Å². The summed E-state index contributed by atoms with van der Waals surface area (Å²) in [7, 11) is 2.97. The smallest absolute Gasteiger partial charge is 0.310 e. The van der Waals surface area contributed by atoms with Crippen LogP contribution < -0.4 is 16.1 Å². The Bertz CT molecular complexity index is 1380. The van der Waals surface area contributed by atoms with E-state index >= 15 is 0 Å². The van der Waals surface area contributed by atoms with Crippen molar-refractivity contribution in [3.63, 3.8) is 0 Å². The summed E-state index contributed by atoms with van der Waals surface area (Å²) in [6.07, 6.45) is 0.186. The van der Waals surface area contributed by atoms with Crippen molar-refractivity contribution < 1.29 is 4.79 Å². The van der Waals surface area contributed by atoms with Gasteiger partial charge in [0.25, 0.3) is 5.56 Å². The predicted molar refractivity (Wildman–Crippen MR) is 133 cm³/mol. The van der Waals surface area contributed by atoms with Crippen LogP contribution in [0.5, 0.6) is 0 Å². The topological polar surface area (TPSA) is 114 Å². The number of fused-ring (bicyclic) bond motifs is 1.